The van der Waals surface area contributed by atoms with Gasteiger partial charge in [0.1, 0.15) is 0 Å². The second kappa shape index (κ2) is 5.65. The van der Waals surface area contributed by atoms with Gasteiger partial charge in [0.2, 0.25) is 11.8 Å². The summed E-state index contributed by atoms with van der Waals surface area (Å²) in [6.07, 6.45) is 0.990. The smallest absolute Gasteiger partial charge is 0.228 e. The van der Waals surface area contributed by atoms with E-state index in [2.05, 4.69) is 31.4 Å². The number of benzene rings is 1. The molecule has 0 aliphatic carbocycles. The molecular formula is C16H22N2O2. The number of anilines is 1. The third kappa shape index (κ3) is 3.59. The summed E-state index contributed by atoms with van der Waals surface area (Å²) in [6, 6.07) is 7.90. The van der Waals surface area contributed by atoms with E-state index in [-0.39, 0.29) is 29.6 Å². The molecule has 2 N–H and O–H groups in total. The zero-order valence-electron chi connectivity index (χ0n) is 12.3. The van der Waals surface area contributed by atoms with Gasteiger partial charge in [0.25, 0.3) is 0 Å². The summed E-state index contributed by atoms with van der Waals surface area (Å²) in [5.74, 6) is -0.325. The first-order valence-electron chi connectivity index (χ1n) is 7.04. The van der Waals surface area contributed by atoms with Gasteiger partial charge in [-0.3, -0.25) is 9.59 Å². The van der Waals surface area contributed by atoms with Gasteiger partial charge in [-0.1, -0.05) is 32.9 Å². The van der Waals surface area contributed by atoms with Crippen LogP contribution in [-0.4, -0.2) is 18.4 Å². The van der Waals surface area contributed by atoms with Crippen molar-refractivity contribution in [2.75, 3.05) is 11.9 Å². The van der Waals surface area contributed by atoms with Gasteiger partial charge in [-0.05, 0) is 29.5 Å². The first-order chi connectivity index (χ1) is 9.36. The minimum atomic E-state index is -0.217. The molecule has 1 atom stereocenters. The van der Waals surface area contributed by atoms with E-state index in [4.69, 9.17) is 0 Å². The molecule has 1 heterocycles. The maximum absolute atomic E-state index is 12.1. The van der Waals surface area contributed by atoms with Crippen molar-refractivity contribution in [1.82, 2.24) is 5.32 Å². The van der Waals surface area contributed by atoms with Gasteiger partial charge < -0.3 is 10.6 Å². The Kier molecular flexibility index (Phi) is 4.12. The Morgan fingerprint density at radius 1 is 1.25 bits per heavy atom. The Hall–Kier alpha value is -1.84. The Bertz CT molecular complexity index is 500. The highest BCUT2D eigenvalue weighted by Gasteiger charge is 2.25. The number of nitrogens with one attached hydrogen (secondary N) is 2. The van der Waals surface area contributed by atoms with Crippen LogP contribution in [-0.2, 0) is 15.0 Å². The second-order valence-corrected chi connectivity index (χ2v) is 6.36. The summed E-state index contributed by atoms with van der Waals surface area (Å²) in [7, 11) is 0. The number of hydrogen-bond donors (Lipinski definition) is 2. The largest absolute Gasteiger partial charge is 0.356 e. The highest BCUT2D eigenvalue weighted by molar-refractivity contribution is 5.95. The normalized spacial score (nSPS) is 19.4. The molecule has 20 heavy (non-hydrogen) atoms. The highest BCUT2D eigenvalue weighted by Crippen LogP contribution is 2.24. The average Bonchev–Trinajstić information content (AvgIpc) is 2.38. The molecule has 0 aromatic heterocycles. The van der Waals surface area contributed by atoms with Crippen LogP contribution in [0.25, 0.3) is 0 Å². The minimum absolute atomic E-state index is 0.0421. The van der Waals surface area contributed by atoms with Crippen molar-refractivity contribution in [3.63, 3.8) is 0 Å². The molecule has 0 saturated carbocycles. The minimum Gasteiger partial charge on any atom is -0.356 e. The van der Waals surface area contributed by atoms with Crippen molar-refractivity contribution >= 4 is 17.5 Å². The van der Waals surface area contributed by atoms with E-state index < -0.39 is 0 Å². The molecule has 2 amide bonds. The number of carbonyl (C=O) groups excluding carboxylic acids is 2. The van der Waals surface area contributed by atoms with Crippen LogP contribution in [0.5, 0.6) is 0 Å². The van der Waals surface area contributed by atoms with E-state index >= 15 is 0 Å². The lowest BCUT2D eigenvalue weighted by molar-refractivity contribution is -0.129. The molecule has 108 valence electrons. The fourth-order valence-corrected chi connectivity index (χ4v) is 2.31. The van der Waals surface area contributed by atoms with Gasteiger partial charge in [0.15, 0.2) is 0 Å². The van der Waals surface area contributed by atoms with Crippen molar-refractivity contribution in [3.05, 3.63) is 29.8 Å². The zero-order chi connectivity index (χ0) is 14.8. The molecule has 1 aliphatic rings. The zero-order valence-corrected chi connectivity index (χ0v) is 12.3. The van der Waals surface area contributed by atoms with E-state index in [0.29, 0.717) is 13.0 Å². The van der Waals surface area contributed by atoms with Crippen LogP contribution in [0.2, 0.25) is 0 Å². The van der Waals surface area contributed by atoms with Gasteiger partial charge in [0.05, 0.1) is 0 Å². The molecule has 0 bridgehead atoms. The molecule has 0 radical (unpaired) electrons. The third-order valence-corrected chi connectivity index (χ3v) is 3.64. The predicted molar refractivity (Wildman–Crippen MR) is 79.5 cm³/mol. The maximum atomic E-state index is 12.1. The lowest BCUT2D eigenvalue weighted by atomic mass is 9.87. The first kappa shape index (κ1) is 14.6. The predicted octanol–water partition coefficient (Wildman–Crippen LogP) is 2.45. The second-order valence-electron chi connectivity index (χ2n) is 6.36. The molecular weight excluding hydrogens is 252 g/mol. The van der Waals surface area contributed by atoms with Crippen LogP contribution in [0.4, 0.5) is 5.69 Å². The number of hydrogen-bond acceptors (Lipinski definition) is 2. The van der Waals surface area contributed by atoms with Gasteiger partial charge in [-0.2, -0.15) is 0 Å². The Morgan fingerprint density at radius 3 is 2.45 bits per heavy atom. The van der Waals surface area contributed by atoms with E-state index in [0.717, 1.165) is 5.69 Å². The molecule has 2 rings (SSSR count). The summed E-state index contributed by atoms with van der Waals surface area (Å²) >= 11 is 0. The van der Waals surface area contributed by atoms with Crippen LogP contribution < -0.4 is 10.6 Å². The van der Waals surface area contributed by atoms with Crippen molar-refractivity contribution in [1.29, 1.82) is 0 Å². The quantitative estimate of drug-likeness (QED) is 0.870. The van der Waals surface area contributed by atoms with Gasteiger partial charge >= 0.3 is 0 Å². The molecule has 1 aromatic rings. The van der Waals surface area contributed by atoms with Crippen molar-refractivity contribution < 1.29 is 9.59 Å². The van der Waals surface area contributed by atoms with E-state index in [1.165, 1.54) is 5.56 Å². The molecule has 1 unspecified atom stereocenters. The maximum Gasteiger partial charge on any atom is 0.228 e. The molecule has 1 fully saturated rings. The molecule has 1 saturated heterocycles. The van der Waals surface area contributed by atoms with Crippen LogP contribution in [0.3, 0.4) is 0 Å². The molecule has 1 aromatic carbocycles. The van der Waals surface area contributed by atoms with Crippen molar-refractivity contribution in [3.8, 4) is 0 Å². The summed E-state index contributed by atoms with van der Waals surface area (Å²) in [6.45, 7) is 7.05. The average molecular weight is 274 g/mol. The number of piperidine rings is 1. The monoisotopic (exact) mass is 274 g/mol. The summed E-state index contributed by atoms with van der Waals surface area (Å²) in [5.41, 5.74) is 2.12. The molecule has 4 heteroatoms. The van der Waals surface area contributed by atoms with Crippen molar-refractivity contribution in [2.24, 2.45) is 5.92 Å². The van der Waals surface area contributed by atoms with E-state index in [1.807, 2.05) is 24.3 Å². The van der Waals surface area contributed by atoms with Crippen LogP contribution in [0.1, 0.15) is 39.2 Å². The Balaban J connectivity index is 1.99. The summed E-state index contributed by atoms with van der Waals surface area (Å²) < 4.78 is 0. The van der Waals surface area contributed by atoms with Crippen LogP contribution >= 0.6 is 0 Å². The summed E-state index contributed by atoms with van der Waals surface area (Å²) in [5, 5.41) is 5.63. The van der Waals surface area contributed by atoms with Crippen molar-refractivity contribution in [2.45, 2.75) is 39.0 Å². The lowest BCUT2D eigenvalue weighted by Crippen LogP contribution is -2.38. The molecule has 1 aliphatic heterocycles. The standard InChI is InChI=1S/C16H22N2O2/c1-16(2,3)12-4-6-13(7-5-12)18-15(20)11-8-9-17-14(19)10-11/h4-7,11H,8-10H2,1-3H3,(H,17,19)(H,18,20). The van der Waals surface area contributed by atoms with Crippen LogP contribution in [0, 0.1) is 5.92 Å². The third-order valence-electron chi connectivity index (χ3n) is 3.64. The number of carbonyl (C=O) groups is 2. The Labute approximate surface area is 119 Å². The van der Waals surface area contributed by atoms with Crippen LogP contribution in [0.15, 0.2) is 24.3 Å². The van der Waals surface area contributed by atoms with E-state index in [1.54, 1.807) is 0 Å². The Morgan fingerprint density at radius 2 is 1.90 bits per heavy atom. The van der Waals surface area contributed by atoms with E-state index in [9.17, 15) is 9.59 Å². The number of amides is 2. The fourth-order valence-electron chi connectivity index (χ4n) is 2.31. The highest BCUT2D eigenvalue weighted by atomic mass is 16.2. The molecule has 4 nitrogen and oxygen atoms in total. The topological polar surface area (TPSA) is 58.2 Å². The van der Waals surface area contributed by atoms with Gasteiger partial charge in [-0.25, -0.2) is 0 Å². The molecule has 0 spiro atoms. The summed E-state index contributed by atoms with van der Waals surface area (Å²) in [4.78, 5) is 23.4. The van der Waals surface area contributed by atoms with Gasteiger partial charge in [-0.15, -0.1) is 0 Å². The first-order valence-corrected chi connectivity index (χ1v) is 7.04. The fraction of sp³-hybridized carbons (Fsp3) is 0.500. The number of rotatable bonds is 2. The lowest BCUT2D eigenvalue weighted by Gasteiger charge is -2.22. The SMILES string of the molecule is CC(C)(C)c1ccc(NC(=O)C2CCNC(=O)C2)cc1. The van der Waals surface area contributed by atoms with Gasteiger partial charge in [0, 0.05) is 24.6 Å².